The summed E-state index contributed by atoms with van der Waals surface area (Å²) in [6.45, 7) is 1.90. The third-order valence-corrected chi connectivity index (χ3v) is 3.44. The second-order valence-electron chi connectivity index (χ2n) is 5.01. The van der Waals surface area contributed by atoms with Crippen LogP contribution in [0.3, 0.4) is 0 Å². The molecule has 0 spiro atoms. The van der Waals surface area contributed by atoms with Gasteiger partial charge < -0.3 is 9.47 Å². The van der Waals surface area contributed by atoms with Crippen LogP contribution in [0.1, 0.15) is 5.56 Å². The highest BCUT2D eigenvalue weighted by Gasteiger charge is 2.06. The van der Waals surface area contributed by atoms with Crippen molar-refractivity contribution in [1.29, 1.82) is 0 Å². The summed E-state index contributed by atoms with van der Waals surface area (Å²) in [5, 5.41) is 0.652. The third kappa shape index (κ3) is 4.90. The minimum atomic E-state index is -0.344. The molecule has 22 heavy (non-hydrogen) atoms. The topological polar surface area (TPSA) is 21.7 Å². The van der Waals surface area contributed by atoms with E-state index in [0.717, 1.165) is 17.9 Å². The number of rotatable bonds is 7. The molecule has 0 aliphatic heterocycles. The van der Waals surface area contributed by atoms with Crippen molar-refractivity contribution in [2.75, 3.05) is 27.3 Å². The number of halogens is 2. The van der Waals surface area contributed by atoms with Crippen LogP contribution in [-0.4, -0.2) is 32.2 Å². The van der Waals surface area contributed by atoms with Gasteiger partial charge in [-0.25, -0.2) is 4.39 Å². The second-order valence-corrected chi connectivity index (χ2v) is 5.45. The third-order valence-electron chi connectivity index (χ3n) is 3.21. The highest BCUT2D eigenvalue weighted by Crippen LogP contribution is 2.19. The van der Waals surface area contributed by atoms with Crippen molar-refractivity contribution in [3.8, 4) is 11.5 Å². The molecule has 0 aliphatic rings. The highest BCUT2D eigenvalue weighted by atomic mass is 35.5. The number of hydrogen-bond donors (Lipinski definition) is 0. The fourth-order valence-corrected chi connectivity index (χ4v) is 2.26. The van der Waals surface area contributed by atoms with Gasteiger partial charge in [0.05, 0.1) is 7.11 Å². The van der Waals surface area contributed by atoms with Crippen molar-refractivity contribution in [2.45, 2.75) is 6.54 Å². The Bertz CT molecular complexity index is 621. The van der Waals surface area contributed by atoms with Crippen LogP contribution in [0.4, 0.5) is 4.39 Å². The molecular formula is C17H19ClFNO2. The summed E-state index contributed by atoms with van der Waals surface area (Å²) >= 11 is 5.90. The second kappa shape index (κ2) is 8.01. The van der Waals surface area contributed by atoms with Gasteiger partial charge in [-0.15, -0.1) is 0 Å². The minimum Gasteiger partial charge on any atom is -0.494 e. The largest absolute Gasteiger partial charge is 0.494 e. The van der Waals surface area contributed by atoms with E-state index in [2.05, 4.69) is 4.90 Å². The summed E-state index contributed by atoms with van der Waals surface area (Å²) in [7, 11) is 3.42. The maximum Gasteiger partial charge on any atom is 0.165 e. The van der Waals surface area contributed by atoms with E-state index in [1.807, 2.05) is 25.2 Å². The highest BCUT2D eigenvalue weighted by molar-refractivity contribution is 6.30. The average Bonchev–Trinajstić information content (AvgIpc) is 2.47. The first kappa shape index (κ1) is 16.6. The van der Waals surface area contributed by atoms with Crippen molar-refractivity contribution in [3.05, 3.63) is 58.9 Å². The lowest BCUT2D eigenvalue weighted by Crippen LogP contribution is -2.23. The minimum absolute atomic E-state index is 0.260. The van der Waals surface area contributed by atoms with Crippen LogP contribution in [0.5, 0.6) is 11.5 Å². The Kier molecular flexibility index (Phi) is 6.04. The van der Waals surface area contributed by atoms with Gasteiger partial charge in [-0.2, -0.15) is 0 Å². The Morgan fingerprint density at radius 3 is 2.68 bits per heavy atom. The molecular weight excluding hydrogens is 305 g/mol. The lowest BCUT2D eigenvalue weighted by Gasteiger charge is -2.17. The summed E-state index contributed by atoms with van der Waals surface area (Å²) in [5.41, 5.74) is 0.892. The first-order valence-corrected chi connectivity index (χ1v) is 7.35. The lowest BCUT2D eigenvalue weighted by molar-refractivity contribution is 0.232. The van der Waals surface area contributed by atoms with Crippen molar-refractivity contribution in [2.24, 2.45) is 0 Å². The number of methoxy groups -OCH3 is 1. The van der Waals surface area contributed by atoms with Crippen LogP contribution in [0.2, 0.25) is 5.02 Å². The van der Waals surface area contributed by atoms with E-state index < -0.39 is 0 Å². The van der Waals surface area contributed by atoms with Crippen LogP contribution in [0.15, 0.2) is 42.5 Å². The molecule has 2 aromatic rings. The Labute approximate surface area is 135 Å². The normalized spacial score (nSPS) is 10.8. The fraction of sp³-hybridized carbons (Fsp3) is 0.294. The first-order valence-electron chi connectivity index (χ1n) is 6.98. The molecule has 0 aliphatic carbocycles. The predicted octanol–water partition coefficient (Wildman–Crippen LogP) is 4.00. The lowest BCUT2D eigenvalue weighted by atomic mass is 10.2. The van der Waals surface area contributed by atoms with E-state index in [1.165, 1.54) is 13.2 Å². The Morgan fingerprint density at radius 1 is 1.18 bits per heavy atom. The predicted molar refractivity (Wildman–Crippen MR) is 86.2 cm³/mol. The molecule has 0 atom stereocenters. The standard InChI is InChI=1S/C17H19ClFNO2/c1-20(8-9-22-15-5-3-4-14(18)11-15)12-13-6-7-17(21-2)16(19)10-13/h3-7,10-11H,8-9,12H2,1-2H3. The summed E-state index contributed by atoms with van der Waals surface area (Å²) < 4.78 is 24.2. The maximum atomic E-state index is 13.6. The number of ether oxygens (including phenoxy) is 2. The maximum absolute atomic E-state index is 13.6. The molecule has 3 nitrogen and oxygen atoms in total. The van der Waals surface area contributed by atoms with Crippen molar-refractivity contribution in [1.82, 2.24) is 4.90 Å². The van der Waals surface area contributed by atoms with Gasteiger partial charge in [0.1, 0.15) is 12.4 Å². The number of hydrogen-bond acceptors (Lipinski definition) is 3. The van der Waals surface area contributed by atoms with Crippen LogP contribution >= 0.6 is 11.6 Å². The molecule has 0 heterocycles. The van der Waals surface area contributed by atoms with Gasteiger partial charge in [0.15, 0.2) is 11.6 Å². The zero-order valence-electron chi connectivity index (χ0n) is 12.7. The Morgan fingerprint density at radius 2 is 2.00 bits per heavy atom. The van der Waals surface area contributed by atoms with E-state index in [1.54, 1.807) is 18.2 Å². The van der Waals surface area contributed by atoms with Gasteiger partial charge >= 0.3 is 0 Å². The van der Waals surface area contributed by atoms with Gasteiger partial charge in [0.2, 0.25) is 0 Å². The summed E-state index contributed by atoms with van der Waals surface area (Å²) in [6, 6.07) is 12.3. The van der Waals surface area contributed by atoms with Crippen molar-refractivity contribution in [3.63, 3.8) is 0 Å². The Hall–Kier alpha value is -1.78. The van der Waals surface area contributed by atoms with Crippen LogP contribution < -0.4 is 9.47 Å². The smallest absolute Gasteiger partial charge is 0.165 e. The summed E-state index contributed by atoms with van der Waals surface area (Å²) in [5.74, 6) is 0.663. The van der Waals surface area contributed by atoms with E-state index in [9.17, 15) is 4.39 Å². The molecule has 2 aromatic carbocycles. The molecule has 0 unspecified atom stereocenters. The molecule has 0 fully saturated rings. The molecule has 0 bridgehead atoms. The van der Waals surface area contributed by atoms with Crippen molar-refractivity contribution >= 4 is 11.6 Å². The molecule has 0 aromatic heterocycles. The first-order chi connectivity index (χ1) is 10.6. The fourth-order valence-electron chi connectivity index (χ4n) is 2.08. The quantitative estimate of drug-likeness (QED) is 0.768. The van der Waals surface area contributed by atoms with E-state index >= 15 is 0 Å². The SMILES string of the molecule is COc1ccc(CN(C)CCOc2cccc(Cl)c2)cc1F. The molecule has 118 valence electrons. The van der Waals surface area contributed by atoms with Gasteiger partial charge in [-0.3, -0.25) is 4.90 Å². The number of likely N-dealkylation sites (N-methyl/N-ethyl adjacent to an activating group) is 1. The molecule has 0 radical (unpaired) electrons. The zero-order chi connectivity index (χ0) is 15.9. The number of benzene rings is 2. The number of nitrogens with zero attached hydrogens (tertiary/aromatic N) is 1. The molecule has 0 saturated carbocycles. The van der Waals surface area contributed by atoms with Crippen LogP contribution in [0.25, 0.3) is 0 Å². The van der Waals surface area contributed by atoms with E-state index in [-0.39, 0.29) is 11.6 Å². The zero-order valence-corrected chi connectivity index (χ0v) is 13.4. The molecule has 0 N–H and O–H groups in total. The van der Waals surface area contributed by atoms with Crippen molar-refractivity contribution < 1.29 is 13.9 Å². The summed E-state index contributed by atoms with van der Waals surface area (Å²) in [6.07, 6.45) is 0. The monoisotopic (exact) mass is 323 g/mol. The van der Waals surface area contributed by atoms with Gasteiger partial charge in [0, 0.05) is 18.1 Å². The van der Waals surface area contributed by atoms with Crippen LogP contribution in [-0.2, 0) is 6.54 Å². The molecule has 0 amide bonds. The van der Waals surface area contributed by atoms with E-state index in [0.29, 0.717) is 18.2 Å². The van der Waals surface area contributed by atoms with E-state index in [4.69, 9.17) is 21.1 Å². The van der Waals surface area contributed by atoms with Gasteiger partial charge in [0.25, 0.3) is 0 Å². The van der Waals surface area contributed by atoms with Gasteiger partial charge in [-0.05, 0) is 42.9 Å². The average molecular weight is 324 g/mol. The Balaban J connectivity index is 1.80. The summed E-state index contributed by atoms with van der Waals surface area (Å²) in [4.78, 5) is 2.06. The molecule has 5 heteroatoms. The molecule has 2 rings (SSSR count). The van der Waals surface area contributed by atoms with Crippen LogP contribution in [0, 0.1) is 5.82 Å². The van der Waals surface area contributed by atoms with Gasteiger partial charge in [-0.1, -0.05) is 23.7 Å². The molecule has 0 saturated heterocycles.